The zero-order valence-corrected chi connectivity index (χ0v) is 12.1. The number of nitrogens with zero attached hydrogens (tertiary/aromatic N) is 2. The highest BCUT2D eigenvalue weighted by Gasteiger charge is 2.13. The van der Waals surface area contributed by atoms with Gasteiger partial charge in [-0.3, -0.25) is 9.78 Å². The van der Waals surface area contributed by atoms with Gasteiger partial charge in [-0.25, -0.2) is 4.98 Å². The fourth-order valence-electron chi connectivity index (χ4n) is 2.12. The Morgan fingerprint density at radius 3 is 2.86 bits per heavy atom. The highest BCUT2D eigenvalue weighted by atomic mass is 35.5. The molecule has 4 nitrogen and oxygen atoms in total. The number of aryl methyl sites for hydroxylation is 1. The van der Waals surface area contributed by atoms with Crippen LogP contribution in [0.2, 0.25) is 5.15 Å². The fourth-order valence-corrected chi connectivity index (χ4v) is 2.32. The summed E-state index contributed by atoms with van der Waals surface area (Å²) in [5.41, 5.74) is 2.81. The molecule has 0 bridgehead atoms. The molecule has 0 radical (unpaired) electrons. The van der Waals surface area contributed by atoms with Crippen molar-refractivity contribution in [3.05, 3.63) is 65.1 Å². The van der Waals surface area contributed by atoms with Crippen LogP contribution in [-0.4, -0.2) is 15.9 Å². The Bertz CT molecular complexity index is 833. The van der Waals surface area contributed by atoms with Gasteiger partial charge < -0.3 is 5.32 Å². The quantitative estimate of drug-likeness (QED) is 0.731. The van der Waals surface area contributed by atoms with E-state index in [4.69, 9.17) is 11.6 Å². The van der Waals surface area contributed by atoms with Crippen LogP contribution >= 0.6 is 11.6 Å². The molecule has 104 valence electrons. The molecule has 0 spiro atoms. The molecule has 0 unspecified atom stereocenters. The van der Waals surface area contributed by atoms with Gasteiger partial charge in [-0.05, 0) is 30.7 Å². The molecule has 1 aromatic carbocycles. The average Bonchev–Trinajstić information content (AvgIpc) is 2.48. The van der Waals surface area contributed by atoms with E-state index in [2.05, 4.69) is 15.3 Å². The predicted octanol–water partition coefficient (Wildman–Crippen LogP) is 3.84. The summed E-state index contributed by atoms with van der Waals surface area (Å²) in [6.07, 6.45) is 3.31. The van der Waals surface area contributed by atoms with Crippen LogP contribution in [0.5, 0.6) is 0 Å². The molecule has 0 saturated heterocycles. The number of amides is 1. The Morgan fingerprint density at radius 2 is 2.05 bits per heavy atom. The summed E-state index contributed by atoms with van der Waals surface area (Å²) in [5.74, 6) is -0.230. The lowest BCUT2D eigenvalue weighted by atomic mass is 10.1. The Balaban J connectivity index is 2.04. The zero-order valence-electron chi connectivity index (χ0n) is 11.3. The second-order valence-corrected chi connectivity index (χ2v) is 5.04. The van der Waals surface area contributed by atoms with Crippen LogP contribution in [0.1, 0.15) is 15.9 Å². The van der Waals surface area contributed by atoms with E-state index >= 15 is 0 Å². The average molecular weight is 298 g/mol. The molecular weight excluding hydrogens is 286 g/mol. The molecule has 0 fully saturated rings. The molecule has 2 aromatic heterocycles. The minimum absolute atomic E-state index is 0.230. The number of para-hydroxylation sites is 1. The SMILES string of the molecule is Cc1ccncc1NC(=O)c1cc(Cl)nc2ccccc12. The van der Waals surface area contributed by atoms with E-state index in [-0.39, 0.29) is 5.91 Å². The van der Waals surface area contributed by atoms with Crippen LogP contribution in [-0.2, 0) is 0 Å². The molecule has 5 heteroatoms. The molecule has 1 amide bonds. The number of pyridine rings is 2. The summed E-state index contributed by atoms with van der Waals surface area (Å²) >= 11 is 6.00. The topological polar surface area (TPSA) is 54.9 Å². The van der Waals surface area contributed by atoms with E-state index in [9.17, 15) is 4.79 Å². The summed E-state index contributed by atoms with van der Waals surface area (Å²) < 4.78 is 0. The van der Waals surface area contributed by atoms with Gasteiger partial charge in [-0.15, -0.1) is 0 Å². The van der Waals surface area contributed by atoms with Crippen molar-refractivity contribution in [3.63, 3.8) is 0 Å². The second-order valence-electron chi connectivity index (χ2n) is 4.65. The molecule has 0 aliphatic carbocycles. The zero-order chi connectivity index (χ0) is 14.8. The lowest BCUT2D eigenvalue weighted by Crippen LogP contribution is -2.13. The van der Waals surface area contributed by atoms with E-state index in [0.29, 0.717) is 21.9 Å². The Labute approximate surface area is 126 Å². The number of hydrogen-bond donors (Lipinski definition) is 1. The molecule has 0 aliphatic rings. The Kier molecular flexibility index (Phi) is 3.54. The lowest BCUT2D eigenvalue weighted by molar-refractivity contribution is 0.102. The predicted molar refractivity (Wildman–Crippen MR) is 83.7 cm³/mol. The van der Waals surface area contributed by atoms with Crippen molar-refractivity contribution in [1.29, 1.82) is 0 Å². The molecular formula is C16H12ClN3O. The first-order chi connectivity index (χ1) is 10.1. The van der Waals surface area contributed by atoms with E-state index in [1.165, 1.54) is 0 Å². The normalized spacial score (nSPS) is 10.6. The molecule has 3 rings (SSSR count). The number of benzene rings is 1. The van der Waals surface area contributed by atoms with Crippen molar-refractivity contribution < 1.29 is 4.79 Å². The van der Waals surface area contributed by atoms with E-state index in [1.54, 1.807) is 18.5 Å². The maximum absolute atomic E-state index is 12.5. The summed E-state index contributed by atoms with van der Waals surface area (Å²) in [6, 6.07) is 10.8. The van der Waals surface area contributed by atoms with Crippen molar-refractivity contribution in [2.45, 2.75) is 6.92 Å². The standard InChI is InChI=1S/C16H12ClN3O/c1-10-6-7-18-9-14(10)20-16(21)12-8-15(17)19-13-5-3-2-4-11(12)13/h2-9H,1H3,(H,20,21). The maximum atomic E-state index is 12.5. The minimum atomic E-state index is -0.230. The van der Waals surface area contributed by atoms with Gasteiger partial charge in [-0.1, -0.05) is 29.8 Å². The van der Waals surface area contributed by atoms with Crippen LogP contribution in [0.15, 0.2) is 48.8 Å². The van der Waals surface area contributed by atoms with Gasteiger partial charge in [0.1, 0.15) is 5.15 Å². The first-order valence-corrected chi connectivity index (χ1v) is 6.80. The van der Waals surface area contributed by atoms with E-state index in [0.717, 1.165) is 10.9 Å². The number of carbonyl (C=O) groups is 1. The van der Waals surface area contributed by atoms with Gasteiger partial charge in [-0.2, -0.15) is 0 Å². The van der Waals surface area contributed by atoms with E-state index < -0.39 is 0 Å². The summed E-state index contributed by atoms with van der Waals surface area (Å²) in [5, 5.41) is 3.92. The number of rotatable bonds is 2. The highest BCUT2D eigenvalue weighted by molar-refractivity contribution is 6.30. The first kappa shape index (κ1) is 13.5. The van der Waals surface area contributed by atoms with Crippen LogP contribution in [0.4, 0.5) is 5.69 Å². The lowest BCUT2D eigenvalue weighted by Gasteiger charge is -2.10. The van der Waals surface area contributed by atoms with Crippen molar-refractivity contribution >= 4 is 34.1 Å². The highest BCUT2D eigenvalue weighted by Crippen LogP contribution is 2.22. The van der Waals surface area contributed by atoms with Crippen LogP contribution in [0.3, 0.4) is 0 Å². The smallest absolute Gasteiger partial charge is 0.256 e. The van der Waals surface area contributed by atoms with Crippen molar-refractivity contribution in [2.24, 2.45) is 0 Å². The number of hydrogen-bond acceptors (Lipinski definition) is 3. The van der Waals surface area contributed by atoms with Gasteiger partial charge in [0.05, 0.1) is 23.0 Å². The summed E-state index contributed by atoms with van der Waals surface area (Å²) in [7, 11) is 0. The number of fused-ring (bicyclic) bond motifs is 1. The molecule has 0 aliphatic heterocycles. The van der Waals surface area contributed by atoms with Gasteiger partial charge >= 0.3 is 0 Å². The first-order valence-electron chi connectivity index (χ1n) is 6.42. The second kappa shape index (κ2) is 5.50. The van der Waals surface area contributed by atoms with Gasteiger partial charge in [0.25, 0.3) is 5.91 Å². The largest absolute Gasteiger partial charge is 0.320 e. The number of carbonyl (C=O) groups excluding carboxylic acids is 1. The summed E-state index contributed by atoms with van der Waals surface area (Å²) in [6.45, 7) is 1.91. The third kappa shape index (κ3) is 2.71. The van der Waals surface area contributed by atoms with Gasteiger partial charge in [0, 0.05) is 11.6 Å². The number of nitrogens with one attached hydrogen (secondary N) is 1. The van der Waals surface area contributed by atoms with Gasteiger partial charge in [0.15, 0.2) is 0 Å². The van der Waals surface area contributed by atoms with Crippen molar-refractivity contribution in [1.82, 2.24) is 9.97 Å². The molecule has 1 N–H and O–H groups in total. The third-order valence-corrected chi connectivity index (χ3v) is 3.41. The molecule has 3 aromatic rings. The monoisotopic (exact) mass is 297 g/mol. The van der Waals surface area contributed by atoms with Crippen LogP contribution in [0.25, 0.3) is 10.9 Å². The molecule has 0 atom stereocenters. The Hall–Kier alpha value is -2.46. The van der Waals surface area contributed by atoms with Crippen molar-refractivity contribution in [3.8, 4) is 0 Å². The number of aromatic nitrogens is 2. The van der Waals surface area contributed by atoms with Gasteiger partial charge in [0.2, 0.25) is 0 Å². The molecule has 2 heterocycles. The van der Waals surface area contributed by atoms with Crippen LogP contribution in [0, 0.1) is 6.92 Å². The fraction of sp³-hybridized carbons (Fsp3) is 0.0625. The summed E-state index contributed by atoms with van der Waals surface area (Å²) in [4.78, 5) is 20.7. The molecule has 21 heavy (non-hydrogen) atoms. The van der Waals surface area contributed by atoms with E-state index in [1.807, 2.05) is 37.3 Å². The van der Waals surface area contributed by atoms with Crippen molar-refractivity contribution in [2.75, 3.05) is 5.32 Å². The number of halogens is 1. The molecule has 0 saturated carbocycles. The van der Waals surface area contributed by atoms with Crippen LogP contribution < -0.4 is 5.32 Å². The Morgan fingerprint density at radius 1 is 1.24 bits per heavy atom. The third-order valence-electron chi connectivity index (χ3n) is 3.22. The maximum Gasteiger partial charge on any atom is 0.256 e. The number of anilines is 1. The minimum Gasteiger partial charge on any atom is -0.320 e.